The number of benzene rings is 2. The van der Waals surface area contributed by atoms with E-state index in [0.29, 0.717) is 11.4 Å². The summed E-state index contributed by atoms with van der Waals surface area (Å²) in [6, 6.07) is 6.28. The van der Waals surface area contributed by atoms with Gasteiger partial charge in [-0.3, -0.25) is 0 Å². The van der Waals surface area contributed by atoms with Gasteiger partial charge in [-0.1, -0.05) is 0 Å². The van der Waals surface area contributed by atoms with Crippen molar-refractivity contribution in [3.8, 4) is 11.4 Å². The highest BCUT2D eigenvalue weighted by Crippen LogP contribution is 2.36. The molecule has 0 fully saturated rings. The van der Waals surface area contributed by atoms with Crippen LogP contribution in [0.2, 0.25) is 0 Å². The number of aryl methyl sites for hydroxylation is 1. The molecule has 0 radical (unpaired) electrons. The Bertz CT molecular complexity index is 1340. The normalized spacial score (nSPS) is 12.9. The monoisotopic (exact) mass is 456 g/mol. The lowest BCUT2D eigenvalue weighted by Gasteiger charge is -2.30. The molecule has 0 amide bonds. The molecule has 0 bridgehead atoms. The number of rotatable bonds is 4. The number of aromatic nitrogens is 4. The summed E-state index contributed by atoms with van der Waals surface area (Å²) in [7, 11) is 0. The Morgan fingerprint density at radius 2 is 1.79 bits per heavy atom. The Kier molecular flexibility index (Phi) is 5.08. The van der Waals surface area contributed by atoms with E-state index in [2.05, 4.69) is 20.3 Å². The van der Waals surface area contributed by atoms with Crippen LogP contribution in [0.15, 0.2) is 49.1 Å². The van der Waals surface area contributed by atoms with E-state index in [9.17, 15) is 17.6 Å². The molecule has 0 unspecified atom stereocenters. The SMILES string of the molecule is Cc1cn(-c2ccc(Nc3ncc4c(n3)N(c3cc(F)c(F)c(F)c3)CCO4)cc2F)cn1. The smallest absolute Gasteiger partial charge is 0.229 e. The highest BCUT2D eigenvalue weighted by molar-refractivity contribution is 5.68. The average Bonchev–Trinajstić information content (AvgIpc) is 3.22. The first-order valence-electron chi connectivity index (χ1n) is 9.88. The first kappa shape index (κ1) is 20.7. The fourth-order valence-electron chi connectivity index (χ4n) is 3.50. The van der Waals surface area contributed by atoms with Crippen LogP contribution in [0.4, 0.5) is 40.7 Å². The molecule has 11 heteroatoms. The number of nitrogens with zero attached hydrogens (tertiary/aromatic N) is 5. The van der Waals surface area contributed by atoms with E-state index in [1.54, 1.807) is 29.8 Å². The van der Waals surface area contributed by atoms with Crippen molar-refractivity contribution in [1.29, 1.82) is 0 Å². The summed E-state index contributed by atoms with van der Waals surface area (Å²) < 4.78 is 62.7. The summed E-state index contributed by atoms with van der Waals surface area (Å²) >= 11 is 0. The van der Waals surface area contributed by atoms with E-state index in [4.69, 9.17) is 4.74 Å². The summed E-state index contributed by atoms with van der Waals surface area (Å²) in [5.41, 5.74) is 1.54. The van der Waals surface area contributed by atoms with Crippen molar-refractivity contribution in [2.24, 2.45) is 0 Å². The van der Waals surface area contributed by atoms with Gasteiger partial charge in [-0.15, -0.1) is 0 Å². The minimum absolute atomic E-state index is 0.0756. The third kappa shape index (κ3) is 3.93. The lowest BCUT2D eigenvalue weighted by molar-refractivity contribution is 0.310. The van der Waals surface area contributed by atoms with E-state index in [1.165, 1.54) is 23.5 Å². The quantitative estimate of drug-likeness (QED) is 0.352. The molecule has 0 spiro atoms. The number of fused-ring (bicyclic) bond motifs is 1. The van der Waals surface area contributed by atoms with Gasteiger partial charge in [-0.25, -0.2) is 27.5 Å². The standard InChI is InChI=1S/C22H16F4N6O/c1-12-10-31(11-28-12)18-3-2-13(6-15(18)23)29-22-27-9-19-21(30-22)32(4-5-33-19)14-7-16(24)20(26)17(25)8-14/h2-3,6-11H,4-5H2,1H3,(H,27,29,30). The highest BCUT2D eigenvalue weighted by Gasteiger charge is 2.25. The van der Waals surface area contributed by atoms with E-state index < -0.39 is 23.3 Å². The fraction of sp³-hybridized carbons (Fsp3) is 0.136. The van der Waals surface area contributed by atoms with Crippen LogP contribution in [0.5, 0.6) is 5.75 Å². The molecule has 2 aromatic carbocycles. The van der Waals surface area contributed by atoms with Crippen LogP contribution in [0.3, 0.4) is 0 Å². The molecule has 0 aliphatic carbocycles. The van der Waals surface area contributed by atoms with Crippen LogP contribution in [0.1, 0.15) is 5.69 Å². The molecule has 1 aliphatic rings. The molecule has 2 aromatic heterocycles. The van der Waals surface area contributed by atoms with Crippen LogP contribution in [-0.2, 0) is 0 Å². The van der Waals surface area contributed by atoms with E-state index in [1.807, 2.05) is 0 Å². The zero-order valence-electron chi connectivity index (χ0n) is 17.2. The van der Waals surface area contributed by atoms with Gasteiger partial charge in [0, 0.05) is 29.7 Å². The summed E-state index contributed by atoms with van der Waals surface area (Å²) in [6.07, 6.45) is 4.61. The zero-order chi connectivity index (χ0) is 23.1. The maximum Gasteiger partial charge on any atom is 0.229 e. The third-order valence-electron chi connectivity index (χ3n) is 5.04. The topological polar surface area (TPSA) is 68.1 Å². The Morgan fingerprint density at radius 1 is 1.00 bits per heavy atom. The Labute approximate surface area is 185 Å². The minimum atomic E-state index is -1.55. The number of ether oxygens (including phenoxy) is 1. The largest absolute Gasteiger partial charge is 0.486 e. The van der Waals surface area contributed by atoms with Crippen LogP contribution in [0, 0.1) is 30.2 Å². The van der Waals surface area contributed by atoms with Crippen LogP contribution in [-0.4, -0.2) is 32.7 Å². The van der Waals surface area contributed by atoms with Crippen molar-refractivity contribution >= 4 is 23.1 Å². The molecular weight excluding hydrogens is 440 g/mol. The van der Waals surface area contributed by atoms with Gasteiger partial charge in [0.1, 0.15) is 12.4 Å². The molecule has 5 rings (SSSR count). The second-order valence-corrected chi connectivity index (χ2v) is 7.32. The van der Waals surface area contributed by atoms with E-state index in [0.717, 1.165) is 17.8 Å². The maximum absolute atomic E-state index is 14.7. The van der Waals surface area contributed by atoms with Crippen LogP contribution in [0.25, 0.3) is 5.69 Å². The molecule has 3 heterocycles. The van der Waals surface area contributed by atoms with Gasteiger partial charge in [0.05, 0.1) is 30.5 Å². The Morgan fingerprint density at radius 3 is 2.48 bits per heavy atom. The molecule has 7 nitrogen and oxygen atoms in total. The second kappa shape index (κ2) is 8.08. The highest BCUT2D eigenvalue weighted by atomic mass is 19.2. The molecule has 0 atom stereocenters. The van der Waals surface area contributed by atoms with Gasteiger partial charge >= 0.3 is 0 Å². The van der Waals surface area contributed by atoms with Crippen LogP contribution < -0.4 is 15.0 Å². The van der Waals surface area contributed by atoms with E-state index >= 15 is 0 Å². The summed E-state index contributed by atoms with van der Waals surface area (Å²) in [6.45, 7) is 2.24. The first-order valence-corrected chi connectivity index (χ1v) is 9.88. The number of anilines is 4. The van der Waals surface area contributed by atoms with E-state index in [-0.39, 0.29) is 36.4 Å². The summed E-state index contributed by atoms with van der Waals surface area (Å²) in [5, 5.41) is 2.91. The number of imidazole rings is 1. The van der Waals surface area contributed by atoms with Crippen molar-refractivity contribution in [3.63, 3.8) is 0 Å². The predicted octanol–water partition coefficient (Wildman–Crippen LogP) is 4.80. The summed E-state index contributed by atoms with van der Waals surface area (Å²) in [5.74, 6) is -4.03. The Balaban J connectivity index is 1.45. The van der Waals surface area contributed by atoms with Gasteiger partial charge in [0.2, 0.25) is 5.95 Å². The number of halogens is 4. The molecule has 1 N–H and O–H groups in total. The minimum Gasteiger partial charge on any atom is -0.486 e. The number of hydrogen-bond acceptors (Lipinski definition) is 6. The van der Waals surface area contributed by atoms with Crippen molar-refractivity contribution in [2.45, 2.75) is 6.92 Å². The predicted molar refractivity (Wildman–Crippen MR) is 112 cm³/mol. The maximum atomic E-state index is 14.7. The number of hydrogen-bond donors (Lipinski definition) is 1. The molecule has 1 aliphatic heterocycles. The van der Waals surface area contributed by atoms with Gasteiger partial charge in [0.15, 0.2) is 29.0 Å². The summed E-state index contributed by atoms with van der Waals surface area (Å²) in [4.78, 5) is 14.1. The van der Waals surface area contributed by atoms with Gasteiger partial charge < -0.3 is 19.5 Å². The van der Waals surface area contributed by atoms with Crippen molar-refractivity contribution < 1.29 is 22.3 Å². The van der Waals surface area contributed by atoms with Gasteiger partial charge in [-0.2, -0.15) is 4.98 Å². The zero-order valence-corrected chi connectivity index (χ0v) is 17.2. The third-order valence-corrected chi connectivity index (χ3v) is 5.04. The van der Waals surface area contributed by atoms with Crippen molar-refractivity contribution in [1.82, 2.24) is 19.5 Å². The lowest BCUT2D eigenvalue weighted by atomic mass is 10.2. The fourth-order valence-corrected chi connectivity index (χ4v) is 3.50. The lowest BCUT2D eigenvalue weighted by Crippen LogP contribution is -2.30. The number of nitrogens with one attached hydrogen (secondary N) is 1. The first-order chi connectivity index (χ1) is 15.9. The van der Waals surface area contributed by atoms with Crippen molar-refractivity contribution in [2.75, 3.05) is 23.4 Å². The average molecular weight is 456 g/mol. The van der Waals surface area contributed by atoms with Gasteiger partial charge in [0.25, 0.3) is 0 Å². The van der Waals surface area contributed by atoms with Gasteiger partial charge in [-0.05, 0) is 25.1 Å². The molecule has 0 saturated heterocycles. The van der Waals surface area contributed by atoms with Crippen molar-refractivity contribution in [3.05, 3.63) is 78.0 Å². The second-order valence-electron chi connectivity index (χ2n) is 7.32. The molecule has 4 aromatic rings. The molecule has 33 heavy (non-hydrogen) atoms. The van der Waals surface area contributed by atoms with Crippen LogP contribution >= 0.6 is 0 Å². The molecule has 168 valence electrons. The Hall–Kier alpha value is -4.15. The molecule has 0 saturated carbocycles. The molecular formula is C22H16F4N6O.